The summed E-state index contributed by atoms with van der Waals surface area (Å²) in [7, 11) is 17.3. The first-order chi connectivity index (χ1) is 51.2. The minimum atomic E-state index is -0.411. The van der Waals surface area contributed by atoms with Gasteiger partial charge in [0.1, 0.15) is 23.3 Å². The maximum atomic E-state index is 6.17. The number of hydrogen-bond acceptors (Lipinski definition) is 16. The fourth-order valence-electron chi connectivity index (χ4n) is 13.9. The van der Waals surface area contributed by atoms with Gasteiger partial charge in [-0.25, -0.2) is 15.8 Å². The second-order valence-electron chi connectivity index (χ2n) is 33.6. The molecule has 3 aliphatic heterocycles. The summed E-state index contributed by atoms with van der Waals surface area (Å²) < 4.78 is 29.4. The molecule has 6 aromatic heterocycles. The van der Waals surface area contributed by atoms with E-state index in [-0.39, 0.29) is 55.5 Å². The van der Waals surface area contributed by atoms with Crippen LogP contribution in [0.25, 0.3) is 22.5 Å². The molecule has 3 fully saturated rings. The van der Waals surface area contributed by atoms with Crippen LogP contribution in [0.3, 0.4) is 0 Å². The molecular formula is C84H110BBrCl2N14O4P2Pd-2. The Morgan fingerprint density at radius 3 is 1.30 bits per heavy atom. The summed E-state index contributed by atoms with van der Waals surface area (Å²) in [6, 6.07) is 35.3. The van der Waals surface area contributed by atoms with Crippen LogP contribution >= 0.6 is 50.8 Å². The Morgan fingerprint density at radius 2 is 0.908 bits per heavy atom. The zero-order valence-electron chi connectivity index (χ0n) is 68.2. The molecule has 5 aliphatic rings. The van der Waals surface area contributed by atoms with E-state index in [1.54, 1.807) is 17.5 Å². The van der Waals surface area contributed by atoms with Crippen LogP contribution in [0.15, 0.2) is 135 Å². The van der Waals surface area contributed by atoms with E-state index in [2.05, 4.69) is 329 Å². The number of nitrogens with zero attached hydrogens (tertiary/aromatic N) is 14. The second kappa shape index (κ2) is 35.1. The van der Waals surface area contributed by atoms with Gasteiger partial charge in [0.15, 0.2) is 0 Å². The van der Waals surface area contributed by atoms with E-state index in [1.165, 1.54) is 57.3 Å². The number of aromatic nitrogens is 12. The van der Waals surface area contributed by atoms with Crippen LogP contribution in [0, 0.1) is 25.2 Å². The Kier molecular flexibility index (Phi) is 27.5. The summed E-state index contributed by atoms with van der Waals surface area (Å²) in [5, 5.41) is 37.6. The van der Waals surface area contributed by atoms with Crippen molar-refractivity contribution in [1.29, 1.82) is 0 Å². The van der Waals surface area contributed by atoms with E-state index in [1.807, 2.05) is 38.5 Å². The summed E-state index contributed by atoms with van der Waals surface area (Å²) in [6.07, 6.45) is 15.8. The molecule has 10 aromatic rings. The van der Waals surface area contributed by atoms with Crippen LogP contribution in [-0.4, -0.2) is 117 Å². The first-order valence-corrected chi connectivity index (χ1v) is 45.0. The molecule has 0 N–H and O–H groups in total. The van der Waals surface area contributed by atoms with E-state index in [9.17, 15) is 0 Å². The molecule has 2 atom stereocenters. The molecule has 15 rings (SSSR count). The number of anilines is 2. The fourth-order valence-corrected chi connectivity index (χ4v) is 20.5. The van der Waals surface area contributed by atoms with Crippen molar-refractivity contribution >= 4 is 85.4 Å². The third-order valence-electron chi connectivity index (χ3n) is 20.7. The van der Waals surface area contributed by atoms with Crippen molar-refractivity contribution in [2.75, 3.05) is 38.0 Å². The standard InChI is InChI=1S/C24H24N6O.C17H22BN3O2.2C15H25NP.C13H14BrN3O.2ClH.Pd/c1-14-26-27-21-9-7-17-10-16(6-8-20(17)30(14)21)18-11-19(13-25-12-18)24(2,3)23-29-28-22(31-23)15-4-5-15;1-11-19-20-15-9-6-12-10-13(7-8-14(12)21(11)15)18-22-16(2,3)17(4,5)23-18;2*1-12(2)17(15(3,4)5)14-10-8-13(9-11-14)16(6)7;1-13(2,9-5-10(14)7-15-6-9)12-17-16-11(18-12)8-3-4-8;;;/h6,8,10-13,15H,4-5,7,9H2,1-3H3;7-8,10H,6,9H2,1-5H3;2*8-11H,1-7H3;5-8H,3-4H2,1-2H3;2*1H;/q;;2*-1;;;;+2/p-2. The molecule has 4 aromatic carbocycles. The first-order valence-electron chi connectivity index (χ1n) is 37.5. The predicted molar refractivity (Wildman–Crippen MR) is 450 cm³/mol. The zero-order valence-corrected chi connectivity index (χ0v) is 74.6. The monoisotopic (exact) mass is 1710 g/mol. The van der Waals surface area contributed by atoms with E-state index in [0.29, 0.717) is 33.9 Å². The van der Waals surface area contributed by atoms with Crippen molar-refractivity contribution in [2.24, 2.45) is 0 Å². The Labute approximate surface area is 675 Å². The predicted octanol–water partition coefficient (Wildman–Crippen LogP) is 19.6. The number of hydrogen-bond donors (Lipinski definition) is 0. The molecule has 0 spiro atoms. The summed E-state index contributed by atoms with van der Waals surface area (Å²) in [5.74, 6) is 7.73. The summed E-state index contributed by atoms with van der Waals surface area (Å²) in [4.78, 5) is 13.0. The van der Waals surface area contributed by atoms with Crippen LogP contribution in [0.5, 0.6) is 0 Å². The van der Waals surface area contributed by atoms with Gasteiger partial charge in [0, 0.05) is 99.1 Å². The molecule has 18 nitrogen and oxygen atoms in total. The maximum absolute atomic E-state index is 6.17. The van der Waals surface area contributed by atoms with Gasteiger partial charge >= 0.3 is 42.1 Å². The molecule has 586 valence electrons. The quantitative estimate of drug-likeness (QED) is 0.0567. The van der Waals surface area contributed by atoms with Gasteiger partial charge < -0.3 is 27.9 Å². The van der Waals surface area contributed by atoms with Crippen LogP contribution < -0.4 is 25.9 Å². The van der Waals surface area contributed by atoms with Gasteiger partial charge in [-0.15, -0.1) is 40.8 Å². The third kappa shape index (κ3) is 20.5. The molecule has 25 heteroatoms. The Hall–Kier alpha value is -6.09. The molecule has 109 heavy (non-hydrogen) atoms. The number of rotatable bonds is 14. The van der Waals surface area contributed by atoms with E-state index >= 15 is 0 Å². The van der Waals surface area contributed by atoms with Gasteiger partial charge in [-0.1, -0.05) is 94.6 Å². The van der Waals surface area contributed by atoms with Crippen LogP contribution in [-0.2, 0) is 61.8 Å². The van der Waals surface area contributed by atoms with Crippen molar-refractivity contribution in [3.05, 3.63) is 207 Å². The molecule has 2 unspecified atom stereocenters. The van der Waals surface area contributed by atoms with E-state index in [0.717, 1.165) is 106 Å². The summed E-state index contributed by atoms with van der Waals surface area (Å²) in [5.41, 5.74) is 14.7. The van der Waals surface area contributed by atoms with E-state index in [4.69, 9.17) is 37.2 Å². The van der Waals surface area contributed by atoms with Gasteiger partial charge in [-0.2, -0.15) is 27.7 Å². The molecule has 2 saturated carbocycles. The molecule has 0 bridgehead atoms. The normalized spacial score (nSPS) is 16.1. The zero-order chi connectivity index (χ0) is 79.5. The van der Waals surface area contributed by atoms with Crippen molar-refractivity contribution in [3.8, 4) is 22.5 Å². The average Bonchev–Trinajstić information content (AvgIpc) is 1.65. The average molecular weight is 1710 g/mol. The van der Waals surface area contributed by atoms with Gasteiger partial charge in [0.25, 0.3) is 0 Å². The number of fused-ring (bicyclic) bond motifs is 6. The minimum absolute atomic E-state index is 0.106. The molecule has 1 saturated heterocycles. The molecule has 0 amide bonds. The summed E-state index contributed by atoms with van der Waals surface area (Å²) in [6.45, 7) is 43.8. The SMILES string of the molecule is CC(C)(c1cncc(Br)c1)c1nnc(C2CC2)o1.C[C-](C)P(c1ccc(N(C)C)cc1)C(C)(C)C.C[C-](C)P(c1ccc(N(C)C)cc1)C(C)(C)C.Cc1nnc2n1-c1ccc(-c3cncc(C(C)(C)c4nnc(C5CC5)o4)c3)cc1CC2.Cc1nnc2n1-c1ccc(B3OC(C)(C)C(C)(C)O3)cc1CC2.[Cl][Pd][Cl]. The number of halogens is 3. The van der Waals surface area contributed by atoms with Gasteiger partial charge in [-0.05, 0) is 222 Å². The third-order valence-corrected chi connectivity index (χ3v) is 27.3. The molecule has 2 aliphatic carbocycles. The van der Waals surface area contributed by atoms with Gasteiger partial charge in [0.05, 0.1) is 33.4 Å². The molecule has 0 radical (unpaired) electrons. The van der Waals surface area contributed by atoms with Crippen LogP contribution in [0.2, 0.25) is 0 Å². The summed E-state index contributed by atoms with van der Waals surface area (Å²) >= 11 is 3.33. The number of benzene rings is 4. The van der Waals surface area contributed by atoms with Crippen molar-refractivity contribution in [2.45, 2.75) is 234 Å². The van der Waals surface area contributed by atoms with Crippen molar-refractivity contribution < 1.29 is 34.1 Å². The van der Waals surface area contributed by atoms with Crippen molar-refractivity contribution in [3.63, 3.8) is 0 Å². The molecule has 9 heterocycles. The van der Waals surface area contributed by atoms with Gasteiger partial charge in [0.2, 0.25) is 23.6 Å². The molecular weight excluding hydrogens is 1600 g/mol. The first kappa shape index (κ1) is 85.3. The van der Waals surface area contributed by atoms with Gasteiger partial charge in [-0.3, -0.25) is 30.4 Å². The van der Waals surface area contributed by atoms with Crippen LogP contribution in [0.4, 0.5) is 11.4 Å². The van der Waals surface area contributed by atoms with E-state index < -0.39 is 5.41 Å². The van der Waals surface area contributed by atoms with Crippen molar-refractivity contribution in [1.82, 2.24) is 59.9 Å². The van der Waals surface area contributed by atoms with Crippen LogP contribution in [0.1, 0.15) is 231 Å². The fraction of sp³-hybridized carbons (Fsp3) is 0.476. The number of aryl methyl sites for hydroxylation is 6. The topological polar surface area (TPSA) is 190 Å². The second-order valence-corrected chi connectivity index (χ2v) is 43.8. The Bertz CT molecular complexity index is 4600. The Balaban J connectivity index is 0.000000147. The number of pyridine rings is 2. The Morgan fingerprint density at radius 1 is 0.505 bits per heavy atom.